The molecule has 4 heteroatoms. The molecule has 12 rings (SSSR count). The second-order valence-corrected chi connectivity index (χ2v) is 21.7. The average Bonchev–Trinajstić information content (AvgIpc) is 3.94. The third-order valence-corrected chi connectivity index (χ3v) is 19.2. The summed E-state index contributed by atoms with van der Waals surface area (Å²) in [7, 11) is -2.68. The van der Waals surface area contributed by atoms with E-state index in [1.54, 1.807) is 0 Å². The molecule has 0 atom stereocenters. The van der Waals surface area contributed by atoms with Crippen LogP contribution in [0, 0.1) is 0 Å². The Morgan fingerprint density at radius 3 is 1.21 bits per heavy atom. The van der Waals surface area contributed by atoms with Gasteiger partial charge in [-0.15, -0.1) is 11.3 Å². The first-order valence-corrected chi connectivity index (χ1v) is 25.4. The van der Waals surface area contributed by atoms with Crippen molar-refractivity contribution in [3.8, 4) is 27.9 Å². The zero-order valence-electron chi connectivity index (χ0n) is 36.2. The summed E-state index contributed by atoms with van der Waals surface area (Å²) in [6.07, 6.45) is 0. The monoisotopic (exact) mass is 876 g/mol. The molecular weight excluding hydrogens is 833 g/mol. The SMILES string of the molecule is c1ccc(-c2ccc(N(c3ccc(-c4ccc(-n5c6ccccc6c6sc7ccccc7c65)cc4)cc3)c3ccc([Si](c4ccccc4)(c4ccccc4)c4ccccc4)cc3)cc2)cc1. The standard InChI is InChI=1S/C62H44N2SSi/c1-5-17-45(18-6-1)46-29-35-49(36-30-46)63(51-41-43-56(44-42-51)66(53-19-7-2-8-20-53,54-21-9-3-10-22-54)55-23-11-4-12-24-55)50-37-31-47(32-38-50)48-33-39-52(40-34-48)64-59-27-15-13-25-57(59)62-61(64)58-26-14-16-28-60(58)65-62/h1-44H. The van der Waals surface area contributed by atoms with Crippen LogP contribution in [0.25, 0.3) is 59.1 Å². The predicted octanol–water partition coefficient (Wildman–Crippen LogP) is 14.2. The Kier molecular flexibility index (Phi) is 10.1. The van der Waals surface area contributed by atoms with Gasteiger partial charge in [0.15, 0.2) is 8.07 Å². The lowest BCUT2D eigenvalue weighted by Crippen LogP contribution is -2.74. The minimum absolute atomic E-state index is 1.10. The summed E-state index contributed by atoms with van der Waals surface area (Å²) >= 11 is 1.88. The topological polar surface area (TPSA) is 8.17 Å². The van der Waals surface area contributed by atoms with Gasteiger partial charge in [0, 0.05) is 38.2 Å². The smallest absolute Gasteiger partial charge is 0.179 e. The fourth-order valence-electron chi connectivity index (χ4n) is 10.1. The number of thiophene rings is 1. The second-order valence-electron chi connectivity index (χ2n) is 16.9. The molecule has 0 amide bonds. The van der Waals surface area contributed by atoms with Crippen molar-refractivity contribution in [2.24, 2.45) is 0 Å². The van der Waals surface area contributed by atoms with Gasteiger partial charge >= 0.3 is 0 Å². The Balaban J connectivity index is 0.936. The summed E-state index contributed by atoms with van der Waals surface area (Å²) in [4.78, 5) is 2.38. The van der Waals surface area contributed by atoms with E-state index in [4.69, 9.17) is 0 Å². The first kappa shape index (κ1) is 39.6. The maximum absolute atomic E-state index is 2.68. The van der Waals surface area contributed by atoms with Crippen LogP contribution in [0.2, 0.25) is 0 Å². The van der Waals surface area contributed by atoms with Gasteiger partial charge in [-0.05, 0) is 104 Å². The van der Waals surface area contributed by atoms with Crippen molar-refractivity contribution in [1.29, 1.82) is 0 Å². The number of rotatable bonds is 10. The molecule has 0 aliphatic rings. The van der Waals surface area contributed by atoms with E-state index < -0.39 is 8.07 Å². The lowest BCUT2D eigenvalue weighted by molar-refractivity contribution is 1.19. The Bertz CT molecular complexity index is 3480. The lowest BCUT2D eigenvalue weighted by Gasteiger charge is -2.35. The molecule has 2 aromatic heterocycles. The molecule has 0 radical (unpaired) electrons. The first-order chi connectivity index (χ1) is 32.7. The number of aromatic nitrogens is 1. The zero-order chi connectivity index (χ0) is 43.9. The summed E-state index contributed by atoms with van der Waals surface area (Å²) in [5.74, 6) is 0. The molecule has 0 aliphatic heterocycles. The molecule has 0 unspecified atom stereocenters. The van der Waals surface area contributed by atoms with Crippen molar-refractivity contribution >= 4 is 88.4 Å². The number of hydrogen-bond acceptors (Lipinski definition) is 2. The molecule has 2 nitrogen and oxygen atoms in total. The summed E-state index contributed by atoms with van der Waals surface area (Å²) < 4.78 is 5.09. The molecule has 0 saturated carbocycles. The molecule has 0 N–H and O–H groups in total. The van der Waals surface area contributed by atoms with Gasteiger partial charge in [-0.3, -0.25) is 0 Å². The maximum atomic E-state index is 2.44. The quantitative estimate of drug-likeness (QED) is 0.0982. The summed E-state index contributed by atoms with van der Waals surface area (Å²) in [5.41, 5.74) is 11.7. The molecular formula is C62H44N2SSi. The highest BCUT2D eigenvalue weighted by atomic mass is 32.1. The number of benzene rings is 10. The Labute approximate surface area is 390 Å². The predicted molar refractivity (Wildman–Crippen MR) is 285 cm³/mol. The van der Waals surface area contributed by atoms with Crippen LogP contribution in [0.4, 0.5) is 17.1 Å². The summed E-state index contributed by atoms with van der Waals surface area (Å²) in [5, 5.41) is 8.03. The van der Waals surface area contributed by atoms with Gasteiger partial charge in [-0.2, -0.15) is 0 Å². The summed E-state index contributed by atoms with van der Waals surface area (Å²) in [6, 6.07) is 98.1. The normalized spacial score (nSPS) is 11.6. The van der Waals surface area contributed by atoms with Crippen molar-refractivity contribution in [3.63, 3.8) is 0 Å². The molecule has 10 aromatic carbocycles. The molecule has 66 heavy (non-hydrogen) atoms. The molecule has 0 aliphatic carbocycles. The van der Waals surface area contributed by atoms with Gasteiger partial charge in [-0.25, -0.2) is 0 Å². The van der Waals surface area contributed by atoms with Gasteiger partial charge in [0.05, 0.1) is 15.7 Å². The van der Waals surface area contributed by atoms with Crippen molar-refractivity contribution in [2.75, 3.05) is 4.90 Å². The summed E-state index contributed by atoms with van der Waals surface area (Å²) in [6.45, 7) is 0. The lowest BCUT2D eigenvalue weighted by atomic mass is 10.0. The van der Waals surface area contributed by atoms with Crippen LogP contribution in [-0.4, -0.2) is 12.6 Å². The zero-order valence-corrected chi connectivity index (χ0v) is 38.0. The highest BCUT2D eigenvalue weighted by Gasteiger charge is 2.41. The largest absolute Gasteiger partial charge is 0.311 e. The highest BCUT2D eigenvalue weighted by molar-refractivity contribution is 7.26. The molecule has 0 bridgehead atoms. The average molecular weight is 877 g/mol. The Morgan fingerprint density at radius 2 is 0.697 bits per heavy atom. The van der Waals surface area contributed by atoms with Gasteiger partial charge < -0.3 is 9.47 Å². The fourth-order valence-corrected chi connectivity index (χ4v) is 16.1. The minimum atomic E-state index is -2.68. The Hall–Kier alpha value is -8.02. The molecule has 2 heterocycles. The number of para-hydroxylation sites is 1. The van der Waals surface area contributed by atoms with Gasteiger partial charge in [-0.1, -0.05) is 206 Å². The van der Waals surface area contributed by atoms with E-state index in [0.29, 0.717) is 0 Å². The van der Waals surface area contributed by atoms with Crippen molar-refractivity contribution in [3.05, 3.63) is 267 Å². The first-order valence-electron chi connectivity index (χ1n) is 22.6. The fraction of sp³-hybridized carbons (Fsp3) is 0. The Morgan fingerprint density at radius 1 is 0.318 bits per heavy atom. The van der Waals surface area contributed by atoms with Gasteiger partial charge in [0.25, 0.3) is 0 Å². The number of hydrogen-bond donors (Lipinski definition) is 0. The van der Waals surface area contributed by atoms with Crippen molar-refractivity contribution in [1.82, 2.24) is 4.57 Å². The van der Waals surface area contributed by atoms with Crippen LogP contribution in [0.1, 0.15) is 0 Å². The molecule has 0 saturated heterocycles. The van der Waals surface area contributed by atoms with Crippen LogP contribution >= 0.6 is 11.3 Å². The highest BCUT2D eigenvalue weighted by Crippen LogP contribution is 2.43. The van der Waals surface area contributed by atoms with Crippen LogP contribution in [0.15, 0.2) is 267 Å². The van der Waals surface area contributed by atoms with Crippen LogP contribution in [0.3, 0.4) is 0 Å². The number of anilines is 3. The van der Waals surface area contributed by atoms with Crippen molar-refractivity contribution < 1.29 is 0 Å². The third-order valence-electron chi connectivity index (χ3n) is 13.2. The van der Waals surface area contributed by atoms with E-state index in [-0.39, 0.29) is 0 Å². The minimum Gasteiger partial charge on any atom is -0.311 e. The number of nitrogens with zero attached hydrogens (tertiary/aromatic N) is 2. The van der Waals surface area contributed by atoms with E-state index in [0.717, 1.165) is 22.7 Å². The third kappa shape index (κ3) is 6.78. The molecule has 0 fully saturated rings. The number of fused-ring (bicyclic) bond motifs is 5. The van der Waals surface area contributed by atoms with Gasteiger partial charge in [0.1, 0.15) is 0 Å². The molecule has 0 spiro atoms. The van der Waals surface area contributed by atoms with Crippen molar-refractivity contribution in [2.45, 2.75) is 0 Å². The van der Waals surface area contributed by atoms with Gasteiger partial charge in [0.2, 0.25) is 0 Å². The maximum Gasteiger partial charge on any atom is 0.179 e. The van der Waals surface area contributed by atoms with Crippen LogP contribution in [-0.2, 0) is 0 Å². The van der Waals surface area contributed by atoms with Crippen LogP contribution in [0.5, 0.6) is 0 Å². The van der Waals surface area contributed by atoms with E-state index >= 15 is 0 Å². The van der Waals surface area contributed by atoms with E-state index in [1.165, 1.54) is 74.2 Å². The van der Waals surface area contributed by atoms with E-state index in [9.17, 15) is 0 Å². The molecule has 312 valence electrons. The molecule has 12 aromatic rings. The van der Waals surface area contributed by atoms with E-state index in [2.05, 4.69) is 276 Å². The van der Waals surface area contributed by atoms with E-state index in [1.807, 2.05) is 11.3 Å². The second kappa shape index (κ2) is 16.8. The van der Waals surface area contributed by atoms with Crippen LogP contribution < -0.4 is 25.6 Å².